The Labute approximate surface area is 147 Å². The predicted molar refractivity (Wildman–Crippen MR) is 91.5 cm³/mol. The van der Waals surface area contributed by atoms with Gasteiger partial charge in [-0.25, -0.2) is 4.79 Å². The SMILES string of the molecule is CNc1ccccc1C(=O)OCc1nnc(-c2ccc([N+](=O)[O-])cc2)o1. The second-order valence-electron chi connectivity index (χ2n) is 5.18. The van der Waals surface area contributed by atoms with Crippen LogP contribution in [0, 0.1) is 10.1 Å². The van der Waals surface area contributed by atoms with Crippen LogP contribution in [0.1, 0.15) is 16.2 Å². The van der Waals surface area contributed by atoms with Gasteiger partial charge in [-0.1, -0.05) is 12.1 Å². The van der Waals surface area contributed by atoms with Gasteiger partial charge in [-0.05, 0) is 24.3 Å². The van der Waals surface area contributed by atoms with Gasteiger partial charge in [0.2, 0.25) is 5.89 Å². The first kappa shape index (κ1) is 17.1. The number of nitro benzene ring substituents is 1. The fraction of sp³-hybridized carbons (Fsp3) is 0.118. The molecule has 0 fully saturated rings. The van der Waals surface area contributed by atoms with Gasteiger partial charge in [0.15, 0.2) is 6.61 Å². The van der Waals surface area contributed by atoms with Gasteiger partial charge in [-0.15, -0.1) is 10.2 Å². The minimum absolute atomic E-state index is 0.0365. The van der Waals surface area contributed by atoms with Crippen molar-refractivity contribution in [2.24, 2.45) is 0 Å². The third-order valence-corrected chi connectivity index (χ3v) is 3.53. The number of esters is 1. The maximum atomic E-state index is 12.2. The number of nitrogens with one attached hydrogen (secondary N) is 1. The molecule has 0 aliphatic rings. The molecular weight excluding hydrogens is 340 g/mol. The van der Waals surface area contributed by atoms with Gasteiger partial charge in [-0.3, -0.25) is 10.1 Å². The van der Waals surface area contributed by atoms with Gasteiger partial charge in [0.25, 0.3) is 11.6 Å². The fourth-order valence-electron chi connectivity index (χ4n) is 2.24. The van der Waals surface area contributed by atoms with E-state index in [4.69, 9.17) is 9.15 Å². The molecule has 0 unspecified atom stereocenters. The van der Waals surface area contributed by atoms with E-state index in [1.807, 2.05) is 0 Å². The summed E-state index contributed by atoms with van der Waals surface area (Å²) in [4.78, 5) is 22.3. The normalized spacial score (nSPS) is 10.3. The van der Waals surface area contributed by atoms with Gasteiger partial charge < -0.3 is 14.5 Å². The van der Waals surface area contributed by atoms with Crippen LogP contribution < -0.4 is 5.32 Å². The zero-order valence-electron chi connectivity index (χ0n) is 13.7. The van der Waals surface area contributed by atoms with E-state index in [1.54, 1.807) is 31.3 Å². The van der Waals surface area contributed by atoms with Crippen LogP contribution >= 0.6 is 0 Å². The van der Waals surface area contributed by atoms with Crippen LogP contribution in [0.3, 0.4) is 0 Å². The third kappa shape index (κ3) is 3.66. The summed E-state index contributed by atoms with van der Waals surface area (Å²) in [6, 6.07) is 12.6. The molecule has 0 aliphatic heterocycles. The highest BCUT2D eigenvalue weighted by atomic mass is 16.6. The number of para-hydroxylation sites is 1. The predicted octanol–water partition coefficient (Wildman–Crippen LogP) is 3.04. The van der Waals surface area contributed by atoms with Gasteiger partial charge >= 0.3 is 5.97 Å². The number of carbonyl (C=O) groups excluding carboxylic acids is 1. The maximum Gasteiger partial charge on any atom is 0.340 e. The molecule has 0 atom stereocenters. The topological polar surface area (TPSA) is 120 Å². The molecule has 26 heavy (non-hydrogen) atoms. The lowest BCUT2D eigenvalue weighted by Gasteiger charge is -2.07. The molecule has 0 saturated heterocycles. The highest BCUT2D eigenvalue weighted by Crippen LogP contribution is 2.22. The van der Waals surface area contributed by atoms with Crippen LogP contribution in [0.4, 0.5) is 11.4 Å². The lowest BCUT2D eigenvalue weighted by Crippen LogP contribution is -2.08. The average molecular weight is 354 g/mol. The number of non-ortho nitro benzene ring substituents is 1. The Bertz CT molecular complexity index is 936. The van der Waals surface area contributed by atoms with Crippen LogP contribution in [-0.2, 0) is 11.3 Å². The Kier molecular flexibility index (Phi) is 4.88. The molecular formula is C17H14N4O5. The van der Waals surface area contributed by atoms with E-state index in [1.165, 1.54) is 24.3 Å². The van der Waals surface area contributed by atoms with E-state index < -0.39 is 10.9 Å². The summed E-state index contributed by atoms with van der Waals surface area (Å²) in [5.41, 5.74) is 1.53. The summed E-state index contributed by atoms with van der Waals surface area (Å²) in [6.07, 6.45) is 0. The minimum Gasteiger partial charge on any atom is -0.452 e. The van der Waals surface area contributed by atoms with Crippen molar-refractivity contribution in [3.05, 3.63) is 70.1 Å². The molecule has 3 rings (SSSR count). The van der Waals surface area contributed by atoms with Crippen LogP contribution in [0.15, 0.2) is 52.9 Å². The molecule has 0 radical (unpaired) electrons. The summed E-state index contributed by atoms with van der Waals surface area (Å²) >= 11 is 0. The second-order valence-corrected chi connectivity index (χ2v) is 5.18. The number of hydrogen-bond donors (Lipinski definition) is 1. The average Bonchev–Trinajstić information content (AvgIpc) is 3.15. The number of nitrogens with zero attached hydrogens (tertiary/aromatic N) is 3. The molecule has 1 aromatic heterocycles. The Morgan fingerprint density at radius 2 is 1.92 bits per heavy atom. The highest BCUT2D eigenvalue weighted by Gasteiger charge is 2.15. The van der Waals surface area contributed by atoms with E-state index in [2.05, 4.69) is 15.5 Å². The highest BCUT2D eigenvalue weighted by molar-refractivity contribution is 5.95. The molecule has 0 bridgehead atoms. The maximum absolute atomic E-state index is 12.2. The number of nitro groups is 1. The van der Waals surface area contributed by atoms with E-state index in [0.29, 0.717) is 16.8 Å². The Morgan fingerprint density at radius 1 is 1.19 bits per heavy atom. The molecule has 0 saturated carbocycles. The summed E-state index contributed by atoms with van der Waals surface area (Å²) in [7, 11) is 1.71. The van der Waals surface area contributed by atoms with Crippen LogP contribution in [0.5, 0.6) is 0 Å². The molecule has 2 aromatic carbocycles. The summed E-state index contributed by atoms with van der Waals surface area (Å²) in [5.74, 6) is -0.222. The Morgan fingerprint density at radius 3 is 2.62 bits per heavy atom. The fourth-order valence-corrected chi connectivity index (χ4v) is 2.24. The number of anilines is 1. The summed E-state index contributed by atoms with van der Waals surface area (Å²) in [5, 5.41) is 21.2. The van der Waals surface area contributed by atoms with Gasteiger partial charge in [0.1, 0.15) is 0 Å². The number of aromatic nitrogens is 2. The number of hydrogen-bond acceptors (Lipinski definition) is 8. The largest absolute Gasteiger partial charge is 0.452 e. The molecule has 9 nitrogen and oxygen atoms in total. The van der Waals surface area contributed by atoms with E-state index in [0.717, 1.165) is 0 Å². The molecule has 132 valence electrons. The zero-order valence-corrected chi connectivity index (χ0v) is 13.7. The first-order valence-corrected chi connectivity index (χ1v) is 7.59. The van der Waals surface area contributed by atoms with Crippen molar-refractivity contribution in [3.8, 4) is 11.5 Å². The lowest BCUT2D eigenvalue weighted by atomic mass is 10.2. The van der Waals surface area contributed by atoms with Crippen molar-refractivity contribution in [1.82, 2.24) is 10.2 Å². The van der Waals surface area contributed by atoms with Crippen LogP contribution in [-0.4, -0.2) is 28.1 Å². The third-order valence-electron chi connectivity index (χ3n) is 3.53. The van der Waals surface area contributed by atoms with E-state index >= 15 is 0 Å². The van der Waals surface area contributed by atoms with Crippen molar-refractivity contribution in [2.45, 2.75) is 6.61 Å². The van der Waals surface area contributed by atoms with Crippen molar-refractivity contribution in [3.63, 3.8) is 0 Å². The van der Waals surface area contributed by atoms with Crippen molar-refractivity contribution < 1.29 is 18.9 Å². The quantitative estimate of drug-likeness (QED) is 0.407. The van der Waals surface area contributed by atoms with Gasteiger partial charge in [-0.2, -0.15) is 0 Å². The molecule has 1 heterocycles. The number of rotatable bonds is 6. The second kappa shape index (κ2) is 7.43. The first-order valence-electron chi connectivity index (χ1n) is 7.59. The van der Waals surface area contributed by atoms with Gasteiger partial charge in [0.05, 0.1) is 10.5 Å². The van der Waals surface area contributed by atoms with E-state index in [-0.39, 0.29) is 24.1 Å². The zero-order chi connectivity index (χ0) is 18.5. The molecule has 0 spiro atoms. The minimum atomic E-state index is -0.523. The van der Waals surface area contributed by atoms with Gasteiger partial charge in [0, 0.05) is 30.4 Å². The standard InChI is InChI=1S/C17H14N4O5/c1-18-14-5-3-2-4-13(14)17(22)25-10-15-19-20-16(26-15)11-6-8-12(9-7-11)21(23)24/h2-9,18H,10H2,1H3. The van der Waals surface area contributed by atoms with Crippen molar-refractivity contribution in [2.75, 3.05) is 12.4 Å². The van der Waals surface area contributed by atoms with Crippen molar-refractivity contribution in [1.29, 1.82) is 0 Å². The van der Waals surface area contributed by atoms with Crippen LogP contribution in [0.25, 0.3) is 11.5 Å². The number of carbonyl (C=O) groups is 1. The first-order chi connectivity index (χ1) is 12.6. The smallest absolute Gasteiger partial charge is 0.340 e. The molecule has 1 N–H and O–H groups in total. The summed E-state index contributed by atoms with van der Waals surface area (Å²) < 4.78 is 10.6. The molecule has 0 amide bonds. The molecule has 3 aromatic rings. The van der Waals surface area contributed by atoms with Crippen LogP contribution in [0.2, 0.25) is 0 Å². The van der Waals surface area contributed by atoms with Crippen molar-refractivity contribution >= 4 is 17.3 Å². The molecule has 0 aliphatic carbocycles. The summed E-state index contributed by atoms with van der Waals surface area (Å²) in [6.45, 7) is -0.184. The molecule has 9 heteroatoms. The van der Waals surface area contributed by atoms with E-state index in [9.17, 15) is 14.9 Å². The monoisotopic (exact) mass is 354 g/mol. The number of ether oxygens (including phenoxy) is 1. The Balaban J connectivity index is 1.67. The lowest BCUT2D eigenvalue weighted by molar-refractivity contribution is -0.384. The Hall–Kier alpha value is -3.75. The number of benzene rings is 2.